The van der Waals surface area contributed by atoms with Crippen molar-refractivity contribution in [3.8, 4) is 5.75 Å². The summed E-state index contributed by atoms with van der Waals surface area (Å²) in [4.78, 5) is 67.0. The Morgan fingerprint density at radius 2 is 1.75 bits per heavy atom. The van der Waals surface area contributed by atoms with Crippen LogP contribution in [0.4, 0.5) is 0 Å². The number of imidazole rings is 1. The van der Waals surface area contributed by atoms with E-state index in [1.807, 2.05) is 30.3 Å². The van der Waals surface area contributed by atoms with E-state index in [2.05, 4.69) is 25.6 Å². The van der Waals surface area contributed by atoms with Crippen LogP contribution in [0.15, 0.2) is 61.3 Å². The fourth-order valence-corrected chi connectivity index (χ4v) is 7.15. The average Bonchev–Trinajstić information content (AvgIpc) is 3.79. The van der Waals surface area contributed by atoms with E-state index in [1.165, 1.54) is 26.8 Å². The summed E-state index contributed by atoms with van der Waals surface area (Å²) in [6, 6.07) is 7.75. The van der Waals surface area contributed by atoms with Gasteiger partial charge in [0.05, 0.1) is 38.0 Å². The Hall–Kier alpha value is -4.58. The molecule has 2 fully saturated rings. The zero-order valence-corrected chi connectivity index (χ0v) is 27.8. The number of hydrogen-bond donors (Lipinski definition) is 4. The molecule has 48 heavy (non-hydrogen) atoms. The fraction of sp³-hybridized carbons (Fsp3) is 0.500. The van der Waals surface area contributed by atoms with Gasteiger partial charge >= 0.3 is 0 Å². The number of ether oxygens (including phenoxy) is 1. The highest BCUT2D eigenvalue weighted by atomic mass is 16.5. The van der Waals surface area contributed by atoms with Gasteiger partial charge in [-0.1, -0.05) is 50.3 Å². The van der Waals surface area contributed by atoms with Gasteiger partial charge in [-0.15, -0.1) is 0 Å². The quantitative estimate of drug-likeness (QED) is 0.205. The van der Waals surface area contributed by atoms with Crippen molar-refractivity contribution in [2.75, 3.05) is 13.7 Å². The molecule has 1 aliphatic carbocycles. The minimum absolute atomic E-state index is 0.1000. The van der Waals surface area contributed by atoms with Crippen LogP contribution >= 0.6 is 0 Å². The number of nitrogens with two attached hydrogens (primary N) is 1. The fourth-order valence-electron chi connectivity index (χ4n) is 7.15. The maximum atomic E-state index is 14.3. The number of likely N-dealkylation sites (tertiary alicyclic amines) is 1. The number of pyridine rings is 1. The molecule has 2 aliphatic rings. The molecule has 0 spiro atoms. The maximum Gasteiger partial charge on any atom is 0.243 e. The van der Waals surface area contributed by atoms with Crippen molar-refractivity contribution in [3.05, 3.63) is 78.1 Å². The van der Waals surface area contributed by atoms with E-state index in [1.54, 1.807) is 29.6 Å². The third-order valence-electron chi connectivity index (χ3n) is 9.81. The van der Waals surface area contributed by atoms with Crippen LogP contribution in [0.25, 0.3) is 0 Å². The van der Waals surface area contributed by atoms with Gasteiger partial charge in [0.25, 0.3) is 0 Å². The minimum atomic E-state index is -0.886. The average molecular weight is 658 g/mol. The first-order valence-corrected chi connectivity index (χ1v) is 16.9. The Labute approximate surface area is 281 Å². The monoisotopic (exact) mass is 657 g/mol. The van der Waals surface area contributed by atoms with Crippen LogP contribution in [0.5, 0.6) is 5.75 Å². The molecule has 0 bridgehead atoms. The smallest absolute Gasteiger partial charge is 0.243 e. The molecule has 12 heteroatoms. The molecule has 5 N–H and O–H groups in total. The molecule has 5 atom stereocenters. The number of carbonyl (C=O) groups is 4. The standard InChI is InChI=1S/C36H47N7O5/c1-23(44)30(16-24-12-14-38-15-13-24)41-36(47)32-17-26(25-8-4-3-5-9-25)21-43(32)34(45)19-31(28-10-6-7-11-33(28)48-2)42-35(46)29(37)18-27-20-39-22-40-27/h6-7,10-15,20,22,25-26,29-32H,3-5,8-9,16-19,21,37H2,1-2H3,(H,39,40)(H,41,47)(H,42,46)/t26-,29+,30+,31+,32+/m1/s1. The summed E-state index contributed by atoms with van der Waals surface area (Å²) < 4.78 is 5.61. The van der Waals surface area contributed by atoms with Gasteiger partial charge in [0, 0.05) is 42.8 Å². The minimum Gasteiger partial charge on any atom is -0.496 e. The number of methoxy groups -OCH3 is 1. The van der Waals surface area contributed by atoms with Crippen LogP contribution in [0.3, 0.4) is 0 Å². The number of hydrogen-bond acceptors (Lipinski definition) is 8. The number of Topliss-reactive ketones (excluding diaryl/α,β-unsaturated/α-hetero) is 1. The molecular weight excluding hydrogens is 610 g/mol. The lowest BCUT2D eigenvalue weighted by molar-refractivity contribution is -0.139. The van der Waals surface area contributed by atoms with E-state index in [-0.39, 0.29) is 36.4 Å². The molecule has 1 saturated carbocycles. The summed E-state index contributed by atoms with van der Waals surface area (Å²) in [5.41, 5.74) is 8.51. The number of H-pyrrole nitrogens is 1. The van der Waals surface area contributed by atoms with Crippen molar-refractivity contribution in [1.29, 1.82) is 0 Å². The molecule has 1 aliphatic heterocycles. The zero-order chi connectivity index (χ0) is 34.0. The lowest BCUT2D eigenvalue weighted by Gasteiger charge is -2.29. The molecule has 5 rings (SSSR count). The Bertz CT molecular complexity index is 1530. The number of para-hydroxylation sites is 1. The van der Waals surface area contributed by atoms with Gasteiger partial charge in [-0.2, -0.15) is 0 Å². The van der Waals surface area contributed by atoms with Crippen LogP contribution < -0.4 is 21.1 Å². The van der Waals surface area contributed by atoms with Gasteiger partial charge < -0.3 is 31.0 Å². The molecule has 12 nitrogen and oxygen atoms in total. The van der Waals surface area contributed by atoms with Gasteiger partial charge in [0.1, 0.15) is 11.8 Å². The summed E-state index contributed by atoms with van der Waals surface area (Å²) in [5.74, 6) is -0.0694. The highest BCUT2D eigenvalue weighted by molar-refractivity contribution is 5.93. The summed E-state index contributed by atoms with van der Waals surface area (Å²) in [6.45, 7) is 1.91. The molecule has 3 amide bonds. The Morgan fingerprint density at radius 1 is 1.00 bits per heavy atom. The largest absolute Gasteiger partial charge is 0.496 e. The molecule has 3 aromatic rings. The lowest BCUT2D eigenvalue weighted by atomic mass is 9.79. The van der Waals surface area contributed by atoms with Crippen LogP contribution in [0.1, 0.15) is 74.7 Å². The first-order valence-electron chi connectivity index (χ1n) is 16.9. The van der Waals surface area contributed by atoms with E-state index in [0.29, 0.717) is 36.6 Å². The second-order valence-corrected chi connectivity index (χ2v) is 13.1. The summed E-state index contributed by atoms with van der Waals surface area (Å²) in [7, 11) is 1.54. The Kier molecular flexibility index (Phi) is 11.9. The van der Waals surface area contributed by atoms with Crippen molar-refractivity contribution in [1.82, 2.24) is 30.5 Å². The number of amides is 3. The molecular formula is C36H47N7O5. The van der Waals surface area contributed by atoms with Crippen LogP contribution in [0, 0.1) is 11.8 Å². The van der Waals surface area contributed by atoms with Crippen molar-refractivity contribution in [3.63, 3.8) is 0 Å². The third-order valence-corrected chi connectivity index (χ3v) is 9.81. The third kappa shape index (κ3) is 8.85. The van der Waals surface area contributed by atoms with Gasteiger partial charge in [0.2, 0.25) is 17.7 Å². The van der Waals surface area contributed by atoms with E-state index in [4.69, 9.17) is 10.5 Å². The van der Waals surface area contributed by atoms with Crippen molar-refractivity contribution in [2.24, 2.45) is 17.6 Å². The van der Waals surface area contributed by atoms with E-state index >= 15 is 0 Å². The van der Waals surface area contributed by atoms with Gasteiger partial charge in [-0.05, 0) is 55.4 Å². The molecule has 2 aromatic heterocycles. The number of nitrogens with zero attached hydrogens (tertiary/aromatic N) is 3. The number of carbonyl (C=O) groups excluding carboxylic acids is 4. The number of nitrogens with one attached hydrogen (secondary N) is 3. The Balaban J connectivity index is 1.37. The highest BCUT2D eigenvalue weighted by Gasteiger charge is 2.43. The van der Waals surface area contributed by atoms with Crippen molar-refractivity contribution >= 4 is 23.5 Å². The predicted octanol–water partition coefficient (Wildman–Crippen LogP) is 3.04. The van der Waals surface area contributed by atoms with Crippen LogP contribution in [0.2, 0.25) is 0 Å². The van der Waals surface area contributed by atoms with Crippen molar-refractivity contribution in [2.45, 2.75) is 88.9 Å². The van der Waals surface area contributed by atoms with E-state index < -0.39 is 30.1 Å². The van der Waals surface area contributed by atoms with Gasteiger partial charge in [-0.25, -0.2) is 4.98 Å². The first-order chi connectivity index (χ1) is 23.2. The number of benzene rings is 1. The van der Waals surface area contributed by atoms with Crippen LogP contribution in [-0.2, 0) is 32.0 Å². The Morgan fingerprint density at radius 3 is 2.44 bits per heavy atom. The topological polar surface area (TPSA) is 172 Å². The van der Waals surface area contributed by atoms with Crippen LogP contribution in [-0.4, -0.2) is 75.1 Å². The molecule has 0 unspecified atom stereocenters. The molecule has 3 heterocycles. The molecule has 256 valence electrons. The van der Waals surface area contributed by atoms with Crippen molar-refractivity contribution < 1.29 is 23.9 Å². The molecule has 0 radical (unpaired) electrons. The zero-order valence-electron chi connectivity index (χ0n) is 27.8. The van der Waals surface area contributed by atoms with E-state index in [0.717, 1.165) is 36.9 Å². The maximum absolute atomic E-state index is 14.3. The summed E-state index contributed by atoms with van der Waals surface area (Å²) >= 11 is 0. The number of rotatable bonds is 14. The summed E-state index contributed by atoms with van der Waals surface area (Å²) in [5, 5.41) is 5.96. The highest BCUT2D eigenvalue weighted by Crippen LogP contribution is 2.38. The normalized spacial score (nSPS) is 20.0. The van der Waals surface area contributed by atoms with E-state index in [9.17, 15) is 19.2 Å². The van der Waals surface area contributed by atoms with Gasteiger partial charge in [0.15, 0.2) is 5.78 Å². The molecule has 1 saturated heterocycles. The molecule has 1 aromatic carbocycles. The second-order valence-electron chi connectivity index (χ2n) is 13.1. The number of aromatic nitrogens is 3. The number of ketones is 1. The lowest BCUT2D eigenvalue weighted by Crippen LogP contribution is -2.51. The van der Waals surface area contributed by atoms with Gasteiger partial charge in [-0.3, -0.25) is 24.2 Å². The summed E-state index contributed by atoms with van der Waals surface area (Å²) in [6.07, 6.45) is 13.1. The SMILES string of the molecule is COc1ccccc1[C@H](CC(=O)N1C[C@H](C2CCCCC2)C[C@H]1C(=O)N[C@@H](Cc1ccncc1)C(C)=O)NC(=O)[C@@H](N)Cc1cnc[nH]1. The second kappa shape index (κ2) is 16.5. The predicted molar refractivity (Wildman–Crippen MR) is 179 cm³/mol. The number of aromatic amines is 1. The first kappa shape index (κ1) is 34.7.